The van der Waals surface area contributed by atoms with Crippen LogP contribution < -0.4 is 14.8 Å². The van der Waals surface area contributed by atoms with Crippen molar-refractivity contribution in [3.8, 4) is 11.5 Å². The molecule has 0 spiro atoms. The molecule has 1 N–H and O–H groups in total. The normalized spacial score (nSPS) is 19.6. The van der Waals surface area contributed by atoms with Gasteiger partial charge >= 0.3 is 0 Å². The second-order valence-electron chi connectivity index (χ2n) is 4.65. The molecule has 1 aromatic rings. The van der Waals surface area contributed by atoms with Crippen molar-refractivity contribution in [3.05, 3.63) is 22.7 Å². The molecule has 1 heterocycles. The van der Waals surface area contributed by atoms with Gasteiger partial charge in [-0.3, -0.25) is 0 Å². The zero-order chi connectivity index (χ0) is 13.0. The summed E-state index contributed by atoms with van der Waals surface area (Å²) < 4.78 is 10.7. The first-order valence-electron chi connectivity index (χ1n) is 6.38. The number of benzene rings is 1. The second-order valence-corrected chi connectivity index (χ2v) is 5.06. The predicted octanol–water partition coefficient (Wildman–Crippen LogP) is 3.04. The van der Waals surface area contributed by atoms with E-state index in [-0.39, 0.29) is 0 Å². The molecular formula is C14H20ClNO2. The van der Waals surface area contributed by atoms with E-state index in [9.17, 15) is 0 Å². The maximum Gasteiger partial charge on any atom is 0.137 e. The Balaban J connectivity index is 2.18. The Morgan fingerprint density at radius 3 is 2.61 bits per heavy atom. The zero-order valence-corrected chi connectivity index (χ0v) is 11.7. The maximum atomic E-state index is 6.10. The molecule has 1 saturated heterocycles. The third-order valence-corrected chi connectivity index (χ3v) is 3.73. The van der Waals surface area contributed by atoms with Crippen LogP contribution in [0, 0.1) is 0 Å². The van der Waals surface area contributed by atoms with Gasteiger partial charge in [0.15, 0.2) is 0 Å². The summed E-state index contributed by atoms with van der Waals surface area (Å²) in [6, 6.07) is 4.34. The van der Waals surface area contributed by atoms with Gasteiger partial charge in [0.2, 0.25) is 0 Å². The summed E-state index contributed by atoms with van der Waals surface area (Å²) in [6.07, 6.45) is 4.74. The molecule has 1 aromatic carbocycles. The summed E-state index contributed by atoms with van der Waals surface area (Å²) in [5.41, 5.74) is 1.15. The number of piperidine rings is 1. The van der Waals surface area contributed by atoms with Gasteiger partial charge in [-0.2, -0.15) is 0 Å². The highest BCUT2D eigenvalue weighted by atomic mass is 35.5. The van der Waals surface area contributed by atoms with Gasteiger partial charge < -0.3 is 14.8 Å². The summed E-state index contributed by atoms with van der Waals surface area (Å²) >= 11 is 6.10. The first-order valence-corrected chi connectivity index (χ1v) is 6.76. The van der Waals surface area contributed by atoms with E-state index in [0.29, 0.717) is 16.8 Å². The maximum absolute atomic E-state index is 6.10. The van der Waals surface area contributed by atoms with Gasteiger partial charge in [-0.1, -0.05) is 18.0 Å². The van der Waals surface area contributed by atoms with Crippen LogP contribution in [0.15, 0.2) is 12.1 Å². The van der Waals surface area contributed by atoms with Gasteiger partial charge in [0.25, 0.3) is 0 Å². The molecule has 0 aliphatic carbocycles. The van der Waals surface area contributed by atoms with Crippen molar-refractivity contribution in [2.45, 2.75) is 31.7 Å². The lowest BCUT2D eigenvalue weighted by molar-refractivity contribution is 0.377. The van der Waals surface area contributed by atoms with E-state index in [2.05, 4.69) is 5.32 Å². The zero-order valence-electron chi connectivity index (χ0n) is 11.0. The van der Waals surface area contributed by atoms with E-state index in [4.69, 9.17) is 21.1 Å². The minimum Gasteiger partial charge on any atom is -0.496 e. The van der Waals surface area contributed by atoms with Gasteiger partial charge in [0.05, 0.1) is 19.2 Å². The Kier molecular flexibility index (Phi) is 4.72. The number of halogens is 1. The quantitative estimate of drug-likeness (QED) is 0.911. The molecule has 1 aliphatic heterocycles. The Bertz CT molecular complexity index is 403. The van der Waals surface area contributed by atoms with Gasteiger partial charge in [-0.05, 0) is 37.4 Å². The minimum atomic E-state index is 0.526. The molecular weight excluding hydrogens is 250 g/mol. The van der Waals surface area contributed by atoms with Crippen molar-refractivity contribution >= 4 is 11.6 Å². The fourth-order valence-corrected chi connectivity index (χ4v) is 2.68. The van der Waals surface area contributed by atoms with Crippen LogP contribution in [0.1, 0.15) is 24.8 Å². The standard InChI is InChI=1S/C14H20ClNO2/c1-17-13-9-12(15)14(18-2)8-10(13)7-11-5-3-4-6-16-11/h8-9,11,16H,3-7H2,1-2H3. The van der Waals surface area contributed by atoms with Crippen LogP contribution in [0.25, 0.3) is 0 Å². The van der Waals surface area contributed by atoms with E-state index >= 15 is 0 Å². The minimum absolute atomic E-state index is 0.526. The Morgan fingerprint density at radius 2 is 2.00 bits per heavy atom. The molecule has 0 amide bonds. The number of methoxy groups -OCH3 is 2. The van der Waals surface area contributed by atoms with Crippen molar-refractivity contribution in [1.82, 2.24) is 5.32 Å². The van der Waals surface area contributed by atoms with E-state index in [0.717, 1.165) is 24.3 Å². The number of hydrogen-bond acceptors (Lipinski definition) is 3. The van der Waals surface area contributed by atoms with Crippen LogP contribution in [0.4, 0.5) is 0 Å². The fourth-order valence-electron chi connectivity index (χ4n) is 2.45. The third-order valence-electron chi connectivity index (χ3n) is 3.43. The molecule has 1 atom stereocenters. The smallest absolute Gasteiger partial charge is 0.137 e. The first-order chi connectivity index (χ1) is 8.74. The predicted molar refractivity (Wildman–Crippen MR) is 73.9 cm³/mol. The van der Waals surface area contributed by atoms with Crippen molar-refractivity contribution < 1.29 is 9.47 Å². The molecule has 2 rings (SSSR count). The Labute approximate surface area is 113 Å². The summed E-state index contributed by atoms with van der Waals surface area (Å²) in [5, 5.41) is 4.13. The molecule has 4 heteroatoms. The van der Waals surface area contributed by atoms with Crippen LogP contribution in [0.3, 0.4) is 0 Å². The summed E-state index contributed by atoms with van der Waals surface area (Å²) in [6.45, 7) is 1.11. The molecule has 0 radical (unpaired) electrons. The lowest BCUT2D eigenvalue weighted by Crippen LogP contribution is -2.35. The SMILES string of the molecule is COc1cc(CC2CCCCN2)c(OC)cc1Cl. The van der Waals surface area contributed by atoms with Crippen molar-refractivity contribution in [1.29, 1.82) is 0 Å². The molecule has 100 valence electrons. The highest BCUT2D eigenvalue weighted by molar-refractivity contribution is 6.32. The monoisotopic (exact) mass is 269 g/mol. The third kappa shape index (κ3) is 3.09. The van der Waals surface area contributed by atoms with Crippen molar-refractivity contribution in [2.75, 3.05) is 20.8 Å². The summed E-state index contributed by atoms with van der Waals surface area (Å²) in [7, 11) is 3.31. The van der Waals surface area contributed by atoms with E-state index in [1.54, 1.807) is 14.2 Å². The van der Waals surface area contributed by atoms with Crippen LogP contribution in [0.2, 0.25) is 5.02 Å². The van der Waals surface area contributed by atoms with Gasteiger partial charge in [-0.15, -0.1) is 0 Å². The molecule has 3 nitrogen and oxygen atoms in total. The lowest BCUT2D eigenvalue weighted by atomic mass is 9.97. The van der Waals surface area contributed by atoms with Crippen LogP contribution in [-0.4, -0.2) is 26.8 Å². The molecule has 18 heavy (non-hydrogen) atoms. The molecule has 1 aliphatic rings. The van der Waals surface area contributed by atoms with Crippen molar-refractivity contribution in [3.63, 3.8) is 0 Å². The first kappa shape index (κ1) is 13.5. The Hall–Kier alpha value is -0.930. The van der Waals surface area contributed by atoms with Crippen LogP contribution in [0.5, 0.6) is 11.5 Å². The highest BCUT2D eigenvalue weighted by Crippen LogP contribution is 2.33. The molecule has 0 bridgehead atoms. The summed E-state index contributed by atoms with van der Waals surface area (Å²) in [5.74, 6) is 1.55. The highest BCUT2D eigenvalue weighted by Gasteiger charge is 2.17. The van der Waals surface area contributed by atoms with E-state index in [1.807, 2.05) is 12.1 Å². The van der Waals surface area contributed by atoms with Gasteiger partial charge in [0, 0.05) is 12.1 Å². The Morgan fingerprint density at radius 1 is 1.22 bits per heavy atom. The van der Waals surface area contributed by atoms with Crippen molar-refractivity contribution in [2.24, 2.45) is 0 Å². The molecule has 0 saturated carbocycles. The lowest BCUT2D eigenvalue weighted by Gasteiger charge is -2.24. The van der Waals surface area contributed by atoms with E-state index < -0.39 is 0 Å². The topological polar surface area (TPSA) is 30.5 Å². The van der Waals surface area contributed by atoms with Crippen LogP contribution in [-0.2, 0) is 6.42 Å². The van der Waals surface area contributed by atoms with Crippen LogP contribution >= 0.6 is 11.6 Å². The fraction of sp³-hybridized carbons (Fsp3) is 0.571. The van der Waals surface area contributed by atoms with Gasteiger partial charge in [0.1, 0.15) is 11.5 Å². The summed E-state index contributed by atoms with van der Waals surface area (Å²) in [4.78, 5) is 0. The number of rotatable bonds is 4. The number of hydrogen-bond donors (Lipinski definition) is 1. The average molecular weight is 270 g/mol. The number of nitrogens with one attached hydrogen (secondary N) is 1. The van der Waals surface area contributed by atoms with Gasteiger partial charge in [-0.25, -0.2) is 0 Å². The molecule has 0 aromatic heterocycles. The van der Waals surface area contributed by atoms with E-state index in [1.165, 1.54) is 19.3 Å². The largest absolute Gasteiger partial charge is 0.496 e. The number of ether oxygens (including phenoxy) is 2. The molecule has 1 unspecified atom stereocenters. The molecule has 1 fully saturated rings. The average Bonchev–Trinajstić information content (AvgIpc) is 2.41. The second kappa shape index (κ2) is 6.30.